The van der Waals surface area contributed by atoms with Gasteiger partial charge < -0.3 is 9.84 Å². The standard InChI is InChI=1S/C13H15F3O2/c14-13(15,16)18-12-5-3-10(4-6-12)8-11(17)7-9-1-2-9/h3-6,9,11,17H,1-2,7-8H2. The average molecular weight is 260 g/mol. The summed E-state index contributed by atoms with van der Waals surface area (Å²) in [6.07, 6.45) is -1.46. The lowest BCUT2D eigenvalue weighted by atomic mass is 10.0. The first-order valence-corrected chi connectivity index (χ1v) is 5.95. The summed E-state index contributed by atoms with van der Waals surface area (Å²) in [5.41, 5.74) is 0.817. The van der Waals surface area contributed by atoms with Crippen molar-refractivity contribution in [2.45, 2.75) is 38.1 Å². The molecule has 18 heavy (non-hydrogen) atoms. The molecular formula is C13H15F3O2. The molecule has 0 radical (unpaired) electrons. The van der Waals surface area contributed by atoms with Crippen molar-refractivity contribution in [2.75, 3.05) is 0 Å². The summed E-state index contributed by atoms with van der Waals surface area (Å²) >= 11 is 0. The molecule has 0 bridgehead atoms. The van der Waals surface area contributed by atoms with Crippen LogP contribution in [-0.2, 0) is 6.42 Å². The van der Waals surface area contributed by atoms with Crippen LogP contribution >= 0.6 is 0 Å². The minimum atomic E-state index is -4.66. The van der Waals surface area contributed by atoms with Gasteiger partial charge in [0, 0.05) is 0 Å². The van der Waals surface area contributed by atoms with E-state index >= 15 is 0 Å². The number of rotatable bonds is 5. The number of alkyl halides is 3. The fourth-order valence-corrected chi connectivity index (χ4v) is 1.92. The second-order valence-electron chi connectivity index (χ2n) is 4.73. The molecule has 1 aliphatic rings. The Bertz CT molecular complexity index is 382. The minimum absolute atomic E-state index is 0.233. The SMILES string of the molecule is OC(Cc1ccc(OC(F)(F)F)cc1)CC1CC1. The number of benzene rings is 1. The molecule has 0 aliphatic heterocycles. The largest absolute Gasteiger partial charge is 0.573 e. The molecular weight excluding hydrogens is 245 g/mol. The summed E-state index contributed by atoms with van der Waals surface area (Å²) in [7, 11) is 0. The smallest absolute Gasteiger partial charge is 0.406 e. The first kappa shape index (κ1) is 13.2. The quantitative estimate of drug-likeness (QED) is 0.880. The van der Waals surface area contributed by atoms with Crippen LogP contribution < -0.4 is 4.74 Å². The van der Waals surface area contributed by atoms with Crippen molar-refractivity contribution in [1.82, 2.24) is 0 Å². The van der Waals surface area contributed by atoms with Crippen LogP contribution in [0.1, 0.15) is 24.8 Å². The maximum atomic E-state index is 11.9. The van der Waals surface area contributed by atoms with Crippen LogP contribution in [0.15, 0.2) is 24.3 Å². The molecule has 1 fully saturated rings. The number of ether oxygens (including phenoxy) is 1. The Morgan fingerprint density at radius 1 is 1.22 bits per heavy atom. The van der Waals surface area contributed by atoms with Crippen LogP contribution in [0.4, 0.5) is 13.2 Å². The minimum Gasteiger partial charge on any atom is -0.406 e. The summed E-state index contributed by atoms with van der Waals surface area (Å²) in [4.78, 5) is 0. The lowest BCUT2D eigenvalue weighted by Gasteiger charge is -2.11. The monoisotopic (exact) mass is 260 g/mol. The van der Waals surface area contributed by atoms with Gasteiger partial charge >= 0.3 is 6.36 Å². The molecule has 2 nitrogen and oxygen atoms in total. The predicted octanol–water partition coefficient (Wildman–Crippen LogP) is 3.29. The van der Waals surface area contributed by atoms with Crippen LogP contribution in [0, 0.1) is 5.92 Å². The van der Waals surface area contributed by atoms with Gasteiger partial charge in [-0.3, -0.25) is 0 Å². The topological polar surface area (TPSA) is 29.5 Å². The molecule has 1 aliphatic carbocycles. The number of halogens is 3. The van der Waals surface area contributed by atoms with E-state index in [-0.39, 0.29) is 5.75 Å². The molecule has 1 saturated carbocycles. The van der Waals surface area contributed by atoms with E-state index in [0.29, 0.717) is 12.3 Å². The van der Waals surface area contributed by atoms with Crippen LogP contribution in [0.2, 0.25) is 0 Å². The van der Waals surface area contributed by atoms with Gasteiger partial charge in [-0.05, 0) is 36.5 Å². The lowest BCUT2D eigenvalue weighted by Crippen LogP contribution is -2.17. The molecule has 0 heterocycles. The Balaban J connectivity index is 1.86. The molecule has 5 heteroatoms. The molecule has 1 N–H and O–H groups in total. The highest BCUT2D eigenvalue weighted by Crippen LogP contribution is 2.34. The Kier molecular flexibility index (Phi) is 3.80. The van der Waals surface area contributed by atoms with E-state index in [4.69, 9.17) is 0 Å². The van der Waals surface area contributed by atoms with E-state index in [1.165, 1.54) is 25.0 Å². The van der Waals surface area contributed by atoms with E-state index < -0.39 is 12.5 Å². The number of aliphatic hydroxyl groups is 1. The molecule has 1 unspecified atom stereocenters. The van der Waals surface area contributed by atoms with E-state index in [0.717, 1.165) is 12.0 Å². The summed E-state index contributed by atoms with van der Waals surface area (Å²) in [6, 6.07) is 5.65. The zero-order valence-electron chi connectivity index (χ0n) is 9.78. The molecule has 0 amide bonds. The third kappa shape index (κ3) is 4.56. The van der Waals surface area contributed by atoms with Crippen molar-refractivity contribution < 1.29 is 23.0 Å². The normalized spacial score (nSPS) is 17.6. The highest BCUT2D eigenvalue weighted by Gasteiger charge is 2.31. The summed E-state index contributed by atoms with van der Waals surface area (Å²) in [6.45, 7) is 0. The second-order valence-corrected chi connectivity index (χ2v) is 4.73. The van der Waals surface area contributed by atoms with E-state index in [1.54, 1.807) is 12.1 Å². The predicted molar refractivity (Wildman–Crippen MR) is 60.2 cm³/mol. The zero-order valence-corrected chi connectivity index (χ0v) is 9.78. The Morgan fingerprint density at radius 3 is 2.33 bits per heavy atom. The molecule has 2 rings (SSSR count). The lowest BCUT2D eigenvalue weighted by molar-refractivity contribution is -0.274. The number of hydrogen-bond donors (Lipinski definition) is 1. The van der Waals surface area contributed by atoms with Gasteiger partial charge in [-0.1, -0.05) is 25.0 Å². The van der Waals surface area contributed by atoms with E-state index in [1.807, 2.05) is 0 Å². The van der Waals surface area contributed by atoms with Crippen molar-refractivity contribution in [2.24, 2.45) is 5.92 Å². The van der Waals surface area contributed by atoms with Gasteiger partial charge in [0.25, 0.3) is 0 Å². The maximum absolute atomic E-state index is 11.9. The maximum Gasteiger partial charge on any atom is 0.573 e. The van der Waals surface area contributed by atoms with Gasteiger partial charge in [0.1, 0.15) is 5.75 Å². The van der Waals surface area contributed by atoms with Crippen molar-refractivity contribution in [3.63, 3.8) is 0 Å². The van der Waals surface area contributed by atoms with E-state index in [2.05, 4.69) is 4.74 Å². The van der Waals surface area contributed by atoms with Crippen LogP contribution in [0.5, 0.6) is 5.75 Å². The van der Waals surface area contributed by atoms with Gasteiger partial charge in [0.15, 0.2) is 0 Å². The van der Waals surface area contributed by atoms with Gasteiger partial charge in [-0.15, -0.1) is 13.2 Å². The van der Waals surface area contributed by atoms with Gasteiger partial charge in [-0.2, -0.15) is 0 Å². The second kappa shape index (κ2) is 5.18. The number of hydrogen-bond acceptors (Lipinski definition) is 2. The number of aliphatic hydroxyl groups excluding tert-OH is 1. The molecule has 100 valence electrons. The Morgan fingerprint density at radius 2 is 1.83 bits per heavy atom. The van der Waals surface area contributed by atoms with Crippen LogP contribution in [0.3, 0.4) is 0 Å². The Hall–Kier alpha value is -1.23. The highest BCUT2D eigenvalue weighted by atomic mass is 19.4. The summed E-state index contributed by atoms with van der Waals surface area (Å²) in [5, 5.41) is 9.76. The zero-order chi connectivity index (χ0) is 13.2. The molecule has 0 saturated heterocycles. The first-order chi connectivity index (χ1) is 8.42. The third-order valence-corrected chi connectivity index (χ3v) is 2.93. The van der Waals surface area contributed by atoms with E-state index in [9.17, 15) is 18.3 Å². The van der Waals surface area contributed by atoms with Gasteiger partial charge in [-0.25, -0.2) is 0 Å². The fraction of sp³-hybridized carbons (Fsp3) is 0.538. The van der Waals surface area contributed by atoms with Gasteiger partial charge in [0.2, 0.25) is 0 Å². The van der Waals surface area contributed by atoms with Crippen molar-refractivity contribution >= 4 is 0 Å². The third-order valence-electron chi connectivity index (χ3n) is 2.93. The molecule has 1 aromatic carbocycles. The van der Waals surface area contributed by atoms with Crippen LogP contribution in [-0.4, -0.2) is 17.6 Å². The van der Waals surface area contributed by atoms with Crippen molar-refractivity contribution in [1.29, 1.82) is 0 Å². The first-order valence-electron chi connectivity index (χ1n) is 5.95. The fourth-order valence-electron chi connectivity index (χ4n) is 1.92. The molecule has 1 aromatic rings. The average Bonchev–Trinajstić information content (AvgIpc) is 3.02. The molecule has 1 atom stereocenters. The van der Waals surface area contributed by atoms with Crippen molar-refractivity contribution in [3.8, 4) is 5.75 Å². The summed E-state index contributed by atoms with van der Waals surface area (Å²) in [5.74, 6) is 0.399. The van der Waals surface area contributed by atoms with Crippen molar-refractivity contribution in [3.05, 3.63) is 29.8 Å². The Labute approximate surface area is 103 Å². The summed E-state index contributed by atoms with van der Waals surface area (Å²) < 4.78 is 39.6. The molecule has 0 aromatic heterocycles. The highest BCUT2D eigenvalue weighted by molar-refractivity contribution is 5.27. The van der Waals surface area contributed by atoms with Gasteiger partial charge in [0.05, 0.1) is 6.10 Å². The van der Waals surface area contributed by atoms with Crippen LogP contribution in [0.25, 0.3) is 0 Å². The molecule has 0 spiro atoms.